The molecule has 2 N–H and O–H groups in total. The number of aromatic nitrogens is 4. The Morgan fingerprint density at radius 2 is 2.16 bits per heavy atom. The second-order valence-electron chi connectivity index (χ2n) is 4.81. The fourth-order valence-electron chi connectivity index (χ4n) is 2.03. The molecule has 0 radical (unpaired) electrons. The summed E-state index contributed by atoms with van der Waals surface area (Å²) in [5, 5.41) is 4.29. The van der Waals surface area contributed by atoms with Gasteiger partial charge in [0.1, 0.15) is 5.82 Å². The van der Waals surface area contributed by atoms with Crippen molar-refractivity contribution < 1.29 is 0 Å². The summed E-state index contributed by atoms with van der Waals surface area (Å²) in [6.45, 7) is 0. The molecule has 6 heteroatoms. The van der Waals surface area contributed by atoms with Crippen LogP contribution < -0.4 is 5.32 Å². The highest BCUT2D eigenvalue weighted by Crippen LogP contribution is 2.25. The van der Waals surface area contributed by atoms with Gasteiger partial charge < -0.3 is 10.3 Å². The summed E-state index contributed by atoms with van der Waals surface area (Å²) in [6, 6.07) is 8.64. The standard InChI is InChI=1S/C13H13N5S/c1-2-4-10-9(3-1)15-11(16-10)7-12-17-13(19-18-12)14-8-5-6-8/h1-4,8H,5-7H2,(H,15,16)(H,14,17,18). The van der Waals surface area contributed by atoms with Crippen LogP contribution in [0.3, 0.4) is 0 Å². The highest BCUT2D eigenvalue weighted by atomic mass is 32.1. The van der Waals surface area contributed by atoms with E-state index in [1.807, 2.05) is 24.3 Å². The summed E-state index contributed by atoms with van der Waals surface area (Å²) < 4.78 is 4.37. The molecule has 1 aromatic carbocycles. The minimum atomic E-state index is 0.618. The third kappa shape index (κ3) is 2.31. The van der Waals surface area contributed by atoms with Crippen LogP contribution in [-0.4, -0.2) is 25.4 Å². The Kier molecular flexibility index (Phi) is 2.48. The average molecular weight is 271 g/mol. The Hall–Kier alpha value is -1.95. The largest absolute Gasteiger partial charge is 0.358 e. The van der Waals surface area contributed by atoms with Crippen molar-refractivity contribution in [1.29, 1.82) is 0 Å². The lowest BCUT2D eigenvalue weighted by molar-refractivity contribution is 0.956. The van der Waals surface area contributed by atoms with Gasteiger partial charge in [0.05, 0.1) is 17.5 Å². The van der Waals surface area contributed by atoms with Gasteiger partial charge in [-0.25, -0.2) is 9.97 Å². The summed E-state index contributed by atoms with van der Waals surface area (Å²) in [6.07, 6.45) is 3.15. The second-order valence-corrected chi connectivity index (χ2v) is 5.56. The number of H-pyrrole nitrogens is 1. The summed E-state index contributed by atoms with van der Waals surface area (Å²) >= 11 is 1.43. The number of nitrogens with one attached hydrogen (secondary N) is 2. The van der Waals surface area contributed by atoms with E-state index in [1.54, 1.807) is 0 Å². The number of rotatable bonds is 4. The van der Waals surface area contributed by atoms with Crippen molar-refractivity contribution in [3.8, 4) is 0 Å². The van der Waals surface area contributed by atoms with Gasteiger partial charge >= 0.3 is 0 Å². The van der Waals surface area contributed by atoms with Crippen molar-refractivity contribution in [3.05, 3.63) is 35.9 Å². The molecule has 1 aliphatic carbocycles. The van der Waals surface area contributed by atoms with Gasteiger partial charge in [0.25, 0.3) is 0 Å². The van der Waals surface area contributed by atoms with E-state index in [0.29, 0.717) is 12.5 Å². The van der Waals surface area contributed by atoms with E-state index in [1.165, 1.54) is 24.4 Å². The molecule has 96 valence electrons. The molecule has 0 unspecified atom stereocenters. The summed E-state index contributed by atoms with van der Waals surface area (Å²) in [5.74, 6) is 1.74. The number of hydrogen-bond donors (Lipinski definition) is 2. The maximum absolute atomic E-state index is 4.54. The zero-order valence-corrected chi connectivity index (χ0v) is 11.1. The van der Waals surface area contributed by atoms with E-state index in [0.717, 1.165) is 27.8 Å². The lowest BCUT2D eigenvalue weighted by Gasteiger charge is -1.94. The molecule has 4 rings (SSSR count). The molecule has 1 fully saturated rings. The van der Waals surface area contributed by atoms with E-state index in [-0.39, 0.29) is 0 Å². The number of benzene rings is 1. The summed E-state index contributed by atoms with van der Waals surface area (Å²) in [7, 11) is 0. The Morgan fingerprint density at radius 3 is 3.00 bits per heavy atom. The van der Waals surface area contributed by atoms with Crippen molar-refractivity contribution in [3.63, 3.8) is 0 Å². The van der Waals surface area contributed by atoms with Crippen LogP contribution in [0.5, 0.6) is 0 Å². The van der Waals surface area contributed by atoms with Gasteiger partial charge in [0.15, 0.2) is 5.82 Å². The van der Waals surface area contributed by atoms with Gasteiger partial charge in [-0.2, -0.15) is 4.37 Å². The van der Waals surface area contributed by atoms with Crippen LogP contribution in [0.4, 0.5) is 5.13 Å². The number of hydrogen-bond acceptors (Lipinski definition) is 5. The number of imidazole rings is 1. The third-order valence-electron chi connectivity index (χ3n) is 3.14. The quantitative estimate of drug-likeness (QED) is 0.765. The fraction of sp³-hybridized carbons (Fsp3) is 0.308. The maximum Gasteiger partial charge on any atom is 0.202 e. The fourth-order valence-corrected chi connectivity index (χ4v) is 2.69. The Bertz CT molecular complexity index is 679. The normalized spacial score (nSPS) is 14.9. The van der Waals surface area contributed by atoms with Crippen molar-refractivity contribution in [1.82, 2.24) is 19.3 Å². The van der Waals surface area contributed by atoms with Crippen molar-refractivity contribution >= 4 is 27.7 Å². The Labute approximate surface area is 114 Å². The molecule has 0 saturated heterocycles. The molecule has 5 nitrogen and oxygen atoms in total. The highest BCUT2D eigenvalue weighted by Gasteiger charge is 2.22. The first-order valence-electron chi connectivity index (χ1n) is 6.39. The molecule has 1 aliphatic rings. The van der Waals surface area contributed by atoms with E-state index in [2.05, 4.69) is 24.6 Å². The minimum Gasteiger partial charge on any atom is -0.358 e. The predicted octanol–water partition coefficient (Wildman–Crippen LogP) is 2.58. The number of fused-ring (bicyclic) bond motifs is 1. The van der Waals surface area contributed by atoms with E-state index in [9.17, 15) is 0 Å². The Morgan fingerprint density at radius 1 is 1.26 bits per heavy atom. The topological polar surface area (TPSA) is 66.5 Å². The third-order valence-corrected chi connectivity index (χ3v) is 3.82. The van der Waals surface area contributed by atoms with Crippen LogP contribution in [0.2, 0.25) is 0 Å². The number of nitrogens with zero attached hydrogens (tertiary/aromatic N) is 3. The molecule has 2 aromatic heterocycles. The SMILES string of the molecule is c1ccc2[nH]c(Cc3nsc(NC4CC4)n3)nc2c1. The second kappa shape index (κ2) is 4.31. The molecular formula is C13H13N5S. The molecule has 0 spiro atoms. The predicted molar refractivity (Wildman–Crippen MR) is 75.5 cm³/mol. The van der Waals surface area contributed by atoms with Gasteiger partial charge in [-0.15, -0.1) is 0 Å². The molecule has 0 bridgehead atoms. The van der Waals surface area contributed by atoms with Crippen LogP contribution in [0.25, 0.3) is 11.0 Å². The van der Waals surface area contributed by atoms with Crippen molar-refractivity contribution in [2.45, 2.75) is 25.3 Å². The first kappa shape index (κ1) is 10.9. The van der Waals surface area contributed by atoms with E-state index in [4.69, 9.17) is 0 Å². The van der Waals surface area contributed by atoms with Gasteiger partial charge in [-0.1, -0.05) is 12.1 Å². The molecular weight excluding hydrogens is 258 g/mol. The summed E-state index contributed by atoms with van der Waals surface area (Å²) in [5.41, 5.74) is 2.05. The van der Waals surface area contributed by atoms with E-state index >= 15 is 0 Å². The van der Waals surface area contributed by atoms with Crippen molar-refractivity contribution in [2.24, 2.45) is 0 Å². The minimum absolute atomic E-state index is 0.618. The van der Waals surface area contributed by atoms with E-state index < -0.39 is 0 Å². The lowest BCUT2D eigenvalue weighted by atomic mass is 10.3. The van der Waals surface area contributed by atoms with Crippen LogP contribution in [0.15, 0.2) is 24.3 Å². The molecule has 1 saturated carbocycles. The van der Waals surface area contributed by atoms with Crippen molar-refractivity contribution in [2.75, 3.05) is 5.32 Å². The number of aromatic amines is 1. The smallest absolute Gasteiger partial charge is 0.202 e. The number of para-hydroxylation sites is 2. The first-order valence-corrected chi connectivity index (χ1v) is 7.17. The average Bonchev–Trinajstić information content (AvgIpc) is 2.97. The molecule has 3 aromatic rings. The van der Waals surface area contributed by atoms with Gasteiger partial charge in [-0.3, -0.25) is 0 Å². The Balaban J connectivity index is 1.54. The zero-order valence-electron chi connectivity index (χ0n) is 10.3. The molecule has 2 heterocycles. The molecule has 19 heavy (non-hydrogen) atoms. The highest BCUT2D eigenvalue weighted by molar-refractivity contribution is 7.09. The number of anilines is 1. The van der Waals surface area contributed by atoms with Gasteiger partial charge in [0, 0.05) is 17.6 Å². The lowest BCUT2D eigenvalue weighted by Crippen LogP contribution is -2.00. The molecule has 0 amide bonds. The molecule has 0 aliphatic heterocycles. The molecule has 0 atom stereocenters. The maximum atomic E-state index is 4.54. The zero-order chi connectivity index (χ0) is 12.7. The van der Waals surface area contributed by atoms with Crippen LogP contribution in [0.1, 0.15) is 24.5 Å². The van der Waals surface area contributed by atoms with Gasteiger partial charge in [0.2, 0.25) is 5.13 Å². The first-order chi connectivity index (χ1) is 9.37. The van der Waals surface area contributed by atoms with Crippen LogP contribution >= 0.6 is 11.5 Å². The monoisotopic (exact) mass is 271 g/mol. The van der Waals surface area contributed by atoms with Gasteiger partial charge in [-0.05, 0) is 25.0 Å². The summed E-state index contributed by atoms with van der Waals surface area (Å²) in [4.78, 5) is 12.3. The van der Waals surface area contributed by atoms with Crippen LogP contribution in [-0.2, 0) is 6.42 Å². The van der Waals surface area contributed by atoms with Crippen LogP contribution in [0, 0.1) is 0 Å².